The second-order valence-corrected chi connectivity index (χ2v) is 6.28. The van der Waals surface area contributed by atoms with E-state index in [4.69, 9.17) is 0 Å². The minimum absolute atomic E-state index is 0. The van der Waals surface area contributed by atoms with Crippen molar-refractivity contribution >= 4 is 30.7 Å². The van der Waals surface area contributed by atoms with Gasteiger partial charge < -0.3 is 15.5 Å². The van der Waals surface area contributed by atoms with Crippen LogP contribution in [-0.2, 0) is 4.79 Å². The Hall–Kier alpha value is -0.0300. The van der Waals surface area contributed by atoms with Crippen molar-refractivity contribution in [1.82, 2.24) is 15.5 Å². The molecule has 2 saturated heterocycles. The number of piperidine rings is 2. The number of likely N-dealkylation sites (tertiary alicyclic amines) is 1. The molecule has 0 aromatic carbocycles. The zero-order valence-corrected chi connectivity index (χ0v) is 14.7. The monoisotopic (exact) mass is 339 g/mol. The molecule has 0 saturated carbocycles. The van der Waals surface area contributed by atoms with Crippen molar-refractivity contribution in [2.75, 3.05) is 39.8 Å². The number of halogens is 2. The molecule has 0 aromatic heterocycles. The molecule has 2 aliphatic heterocycles. The van der Waals surface area contributed by atoms with Gasteiger partial charge >= 0.3 is 0 Å². The number of hydrogen-bond acceptors (Lipinski definition) is 3. The lowest BCUT2D eigenvalue weighted by Gasteiger charge is -2.29. The van der Waals surface area contributed by atoms with Crippen LogP contribution in [0, 0.1) is 11.8 Å². The lowest BCUT2D eigenvalue weighted by atomic mass is 9.93. The Morgan fingerprint density at radius 3 is 2.33 bits per heavy atom. The molecule has 2 heterocycles. The SMILES string of the molecule is CN1CCC(CCNC(=O)CC2CCNCC2)CC1.Cl.Cl. The summed E-state index contributed by atoms with van der Waals surface area (Å²) in [6, 6.07) is 0. The Kier molecular flexibility index (Phi) is 11.5. The van der Waals surface area contributed by atoms with E-state index >= 15 is 0 Å². The van der Waals surface area contributed by atoms with Crippen LogP contribution in [0.5, 0.6) is 0 Å². The first-order valence-corrected chi connectivity index (χ1v) is 7.90. The van der Waals surface area contributed by atoms with Crippen molar-refractivity contribution in [3.8, 4) is 0 Å². The maximum absolute atomic E-state index is 11.9. The second-order valence-electron chi connectivity index (χ2n) is 6.28. The minimum Gasteiger partial charge on any atom is -0.356 e. The molecule has 0 atom stereocenters. The molecular weight excluding hydrogens is 309 g/mol. The van der Waals surface area contributed by atoms with Gasteiger partial charge in [0.1, 0.15) is 0 Å². The van der Waals surface area contributed by atoms with Crippen LogP contribution >= 0.6 is 24.8 Å². The fourth-order valence-electron chi connectivity index (χ4n) is 3.19. The topological polar surface area (TPSA) is 44.4 Å². The van der Waals surface area contributed by atoms with E-state index in [0.717, 1.165) is 51.2 Å². The summed E-state index contributed by atoms with van der Waals surface area (Å²) in [6.07, 6.45) is 6.78. The molecule has 0 unspecified atom stereocenters. The van der Waals surface area contributed by atoms with E-state index in [-0.39, 0.29) is 30.7 Å². The maximum atomic E-state index is 11.9. The van der Waals surface area contributed by atoms with Crippen LogP contribution in [0.3, 0.4) is 0 Å². The molecule has 21 heavy (non-hydrogen) atoms. The van der Waals surface area contributed by atoms with Crippen molar-refractivity contribution in [2.45, 2.75) is 38.5 Å². The lowest BCUT2D eigenvalue weighted by molar-refractivity contribution is -0.122. The van der Waals surface area contributed by atoms with Gasteiger partial charge in [0, 0.05) is 13.0 Å². The summed E-state index contributed by atoms with van der Waals surface area (Å²) in [6.45, 7) is 5.46. The Balaban J connectivity index is 0.00000200. The van der Waals surface area contributed by atoms with Gasteiger partial charge in [0.2, 0.25) is 5.91 Å². The zero-order chi connectivity index (χ0) is 13.5. The molecule has 0 aliphatic carbocycles. The molecule has 0 radical (unpaired) electrons. The predicted molar refractivity (Wildman–Crippen MR) is 92.6 cm³/mol. The molecule has 0 aromatic rings. The summed E-state index contributed by atoms with van der Waals surface area (Å²) >= 11 is 0. The largest absolute Gasteiger partial charge is 0.356 e. The Morgan fingerprint density at radius 1 is 1.10 bits per heavy atom. The standard InChI is InChI=1S/C15H29N3O.2ClH/c1-18-10-5-13(6-11-18)4-9-17-15(19)12-14-2-7-16-8-3-14;;/h13-14,16H,2-12H2,1H3,(H,17,19);2*1H. The van der Waals surface area contributed by atoms with Crippen LogP contribution in [0.25, 0.3) is 0 Å². The molecular formula is C15H31Cl2N3O. The summed E-state index contributed by atoms with van der Waals surface area (Å²) in [5.41, 5.74) is 0. The molecule has 1 amide bonds. The Morgan fingerprint density at radius 2 is 1.71 bits per heavy atom. The van der Waals surface area contributed by atoms with E-state index in [1.807, 2.05) is 0 Å². The molecule has 2 fully saturated rings. The van der Waals surface area contributed by atoms with E-state index in [9.17, 15) is 4.79 Å². The number of hydrogen-bond donors (Lipinski definition) is 2. The van der Waals surface area contributed by atoms with Gasteiger partial charge in [-0.3, -0.25) is 4.79 Å². The van der Waals surface area contributed by atoms with Gasteiger partial charge in [-0.05, 0) is 77.2 Å². The summed E-state index contributed by atoms with van der Waals surface area (Å²) in [5.74, 6) is 1.68. The average molecular weight is 340 g/mol. The normalized spacial score (nSPS) is 21.2. The molecule has 126 valence electrons. The summed E-state index contributed by atoms with van der Waals surface area (Å²) in [4.78, 5) is 14.3. The zero-order valence-electron chi connectivity index (χ0n) is 13.1. The summed E-state index contributed by atoms with van der Waals surface area (Å²) in [7, 11) is 2.19. The molecule has 6 heteroatoms. The summed E-state index contributed by atoms with van der Waals surface area (Å²) < 4.78 is 0. The van der Waals surface area contributed by atoms with E-state index in [2.05, 4.69) is 22.6 Å². The smallest absolute Gasteiger partial charge is 0.220 e. The van der Waals surface area contributed by atoms with E-state index in [0.29, 0.717) is 5.92 Å². The van der Waals surface area contributed by atoms with Gasteiger partial charge in [0.15, 0.2) is 0 Å². The Labute approximate surface area is 141 Å². The Bertz CT molecular complexity index is 278. The van der Waals surface area contributed by atoms with Crippen molar-refractivity contribution in [2.24, 2.45) is 11.8 Å². The van der Waals surface area contributed by atoms with Crippen LogP contribution in [0.2, 0.25) is 0 Å². The highest BCUT2D eigenvalue weighted by atomic mass is 35.5. The van der Waals surface area contributed by atoms with Gasteiger partial charge in [-0.25, -0.2) is 0 Å². The highest BCUT2D eigenvalue weighted by Gasteiger charge is 2.18. The quantitative estimate of drug-likeness (QED) is 0.805. The van der Waals surface area contributed by atoms with Crippen LogP contribution in [0.15, 0.2) is 0 Å². The van der Waals surface area contributed by atoms with E-state index in [1.165, 1.54) is 25.9 Å². The maximum Gasteiger partial charge on any atom is 0.220 e. The number of rotatable bonds is 5. The number of nitrogens with zero attached hydrogens (tertiary/aromatic N) is 1. The predicted octanol–water partition coefficient (Wildman–Crippen LogP) is 2.07. The minimum atomic E-state index is 0. The number of carbonyl (C=O) groups is 1. The third kappa shape index (κ3) is 8.24. The highest BCUT2D eigenvalue weighted by molar-refractivity contribution is 5.85. The number of amides is 1. The molecule has 0 bridgehead atoms. The molecule has 2 N–H and O–H groups in total. The highest BCUT2D eigenvalue weighted by Crippen LogP contribution is 2.19. The van der Waals surface area contributed by atoms with Crippen LogP contribution in [0.1, 0.15) is 38.5 Å². The molecule has 0 spiro atoms. The van der Waals surface area contributed by atoms with Gasteiger partial charge in [-0.15, -0.1) is 24.8 Å². The lowest BCUT2D eigenvalue weighted by Crippen LogP contribution is -2.34. The van der Waals surface area contributed by atoms with Crippen LogP contribution in [0.4, 0.5) is 0 Å². The van der Waals surface area contributed by atoms with Gasteiger partial charge in [0.05, 0.1) is 0 Å². The fraction of sp³-hybridized carbons (Fsp3) is 0.933. The third-order valence-electron chi connectivity index (χ3n) is 4.65. The van der Waals surface area contributed by atoms with Crippen molar-refractivity contribution in [3.05, 3.63) is 0 Å². The number of nitrogens with one attached hydrogen (secondary N) is 2. The van der Waals surface area contributed by atoms with Crippen molar-refractivity contribution in [3.63, 3.8) is 0 Å². The molecule has 4 nitrogen and oxygen atoms in total. The van der Waals surface area contributed by atoms with Crippen LogP contribution < -0.4 is 10.6 Å². The average Bonchev–Trinajstić information content (AvgIpc) is 2.42. The molecule has 2 rings (SSSR count). The number of carbonyl (C=O) groups excluding carboxylic acids is 1. The summed E-state index contributed by atoms with van der Waals surface area (Å²) in [5, 5.41) is 6.46. The first-order chi connectivity index (χ1) is 9.24. The van der Waals surface area contributed by atoms with Gasteiger partial charge in [-0.2, -0.15) is 0 Å². The van der Waals surface area contributed by atoms with E-state index < -0.39 is 0 Å². The third-order valence-corrected chi connectivity index (χ3v) is 4.65. The van der Waals surface area contributed by atoms with Crippen molar-refractivity contribution in [1.29, 1.82) is 0 Å². The van der Waals surface area contributed by atoms with Gasteiger partial charge in [0.25, 0.3) is 0 Å². The first kappa shape index (κ1) is 21.0. The van der Waals surface area contributed by atoms with E-state index in [1.54, 1.807) is 0 Å². The first-order valence-electron chi connectivity index (χ1n) is 7.90. The van der Waals surface area contributed by atoms with Gasteiger partial charge in [-0.1, -0.05) is 0 Å². The van der Waals surface area contributed by atoms with Crippen LogP contribution in [-0.4, -0.2) is 50.6 Å². The second kappa shape index (κ2) is 11.5. The fourth-order valence-corrected chi connectivity index (χ4v) is 3.19. The molecule has 2 aliphatic rings. The van der Waals surface area contributed by atoms with Crippen molar-refractivity contribution < 1.29 is 4.79 Å².